The normalized spacial score (nSPS) is 15.0. The van der Waals surface area contributed by atoms with Gasteiger partial charge in [-0.2, -0.15) is 0 Å². The van der Waals surface area contributed by atoms with Gasteiger partial charge in [-0.1, -0.05) is 131 Å². The zero-order chi connectivity index (χ0) is 42.3. The summed E-state index contributed by atoms with van der Waals surface area (Å²) in [5.74, 6) is -0.890. The molecule has 0 amide bonds. The van der Waals surface area contributed by atoms with Crippen LogP contribution in [0.2, 0.25) is 0 Å². The molecule has 0 aliphatic heterocycles. The van der Waals surface area contributed by atoms with E-state index in [1.54, 1.807) is 6.08 Å². The molecule has 0 aliphatic carbocycles. The lowest BCUT2D eigenvalue weighted by Gasteiger charge is -2.24. The lowest BCUT2D eigenvalue weighted by atomic mass is 10.1. The Morgan fingerprint density at radius 3 is 1.77 bits per heavy atom. The predicted octanol–water partition coefficient (Wildman–Crippen LogP) is 11.0. The highest BCUT2D eigenvalue weighted by atomic mass is 31.2. The Bertz CT molecular complexity index is 1260. The molecule has 0 aromatic heterocycles. The van der Waals surface area contributed by atoms with Crippen LogP contribution in [0.5, 0.6) is 0 Å². The second-order valence-electron chi connectivity index (χ2n) is 15.2. The summed E-state index contributed by atoms with van der Waals surface area (Å²) >= 11 is 0. The summed E-state index contributed by atoms with van der Waals surface area (Å²) in [4.78, 5) is 35.3. The molecule has 57 heavy (non-hydrogen) atoms. The molecule has 0 rings (SSSR count). The highest BCUT2D eigenvalue weighted by Crippen LogP contribution is 2.43. The van der Waals surface area contributed by atoms with Gasteiger partial charge in [0.05, 0.1) is 33.9 Å². The second-order valence-corrected chi connectivity index (χ2v) is 16.6. The van der Waals surface area contributed by atoms with Crippen molar-refractivity contribution < 1.29 is 47.2 Å². The highest BCUT2D eigenvalue weighted by Gasteiger charge is 2.27. The van der Waals surface area contributed by atoms with Crippen molar-refractivity contribution in [3.8, 4) is 0 Å². The topological polar surface area (TPSA) is 129 Å². The molecule has 0 saturated heterocycles. The number of aliphatic hydroxyl groups is 1. The van der Waals surface area contributed by atoms with Crippen LogP contribution in [0, 0.1) is 0 Å². The van der Waals surface area contributed by atoms with Gasteiger partial charge in [0.1, 0.15) is 19.8 Å². The number of phosphoric ester groups is 1. The second kappa shape index (κ2) is 37.4. The summed E-state index contributed by atoms with van der Waals surface area (Å²) in [6.45, 7) is 3.99. The lowest BCUT2D eigenvalue weighted by Crippen LogP contribution is -2.37. The Morgan fingerprint density at radius 2 is 1.16 bits per heavy atom. The van der Waals surface area contributed by atoms with E-state index in [9.17, 15) is 24.2 Å². The molecule has 2 unspecified atom stereocenters. The first-order valence-corrected chi connectivity index (χ1v) is 22.9. The number of carbonyl (C=O) groups is 2. The average molecular weight is 821 g/mol. The van der Waals surface area contributed by atoms with E-state index in [0.29, 0.717) is 30.3 Å². The molecule has 0 radical (unpaired) electrons. The summed E-state index contributed by atoms with van der Waals surface area (Å²) in [6, 6.07) is 0. The first kappa shape index (κ1) is 54.2. The van der Waals surface area contributed by atoms with E-state index in [1.807, 2.05) is 45.4 Å². The molecule has 0 bridgehead atoms. The lowest BCUT2D eigenvalue weighted by molar-refractivity contribution is -0.870. The van der Waals surface area contributed by atoms with Gasteiger partial charge in [-0.25, -0.2) is 4.57 Å². The number of rotatable bonds is 37. The van der Waals surface area contributed by atoms with Gasteiger partial charge in [-0.05, 0) is 77.0 Å². The minimum atomic E-state index is -4.40. The van der Waals surface area contributed by atoms with Crippen molar-refractivity contribution in [2.45, 2.75) is 148 Å². The van der Waals surface area contributed by atoms with Crippen LogP contribution in [0.3, 0.4) is 0 Å². The Morgan fingerprint density at radius 1 is 0.632 bits per heavy atom. The van der Waals surface area contributed by atoms with Gasteiger partial charge in [-0.15, -0.1) is 0 Å². The number of esters is 2. The van der Waals surface area contributed by atoms with Gasteiger partial charge in [0.15, 0.2) is 6.10 Å². The number of unbranched alkanes of at least 4 members (excludes halogenated alkanes) is 9. The molecule has 0 aromatic rings. The molecule has 3 atom stereocenters. The number of quaternary nitrogens is 1. The average Bonchev–Trinajstić information content (AvgIpc) is 3.15. The van der Waals surface area contributed by atoms with Crippen molar-refractivity contribution in [3.63, 3.8) is 0 Å². The van der Waals surface area contributed by atoms with Crippen molar-refractivity contribution in [2.75, 3.05) is 47.5 Å². The summed E-state index contributed by atoms with van der Waals surface area (Å²) in [6.07, 6.45) is 43.9. The number of phosphoric acid groups is 1. The van der Waals surface area contributed by atoms with E-state index in [0.717, 1.165) is 89.9 Å². The fourth-order valence-corrected chi connectivity index (χ4v) is 5.90. The minimum Gasteiger partial charge on any atom is -0.462 e. The number of carbonyl (C=O) groups excluding carboxylic acids is 2. The van der Waals surface area contributed by atoms with Crippen molar-refractivity contribution >= 4 is 19.8 Å². The van der Waals surface area contributed by atoms with Gasteiger partial charge in [-0.3, -0.25) is 18.6 Å². The molecule has 0 aliphatic rings. The quantitative estimate of drug-likeness (QED) is 0.0157. The monoisotopic (exact) mass is 821 g/mol. The molecule has 0 fully saturated rings. The third-order valence-electron chi connectivity index (χ3n) is 8.50. The number of hydrogen-bond acceptors (Lipinski definition) is 8. The molecule has 0 saturated carbocycles. The van der Waals surface area contributed by atoms with Crippen molar-refractivity contribution in [1.82, 2.24) is 0 Å². The predicted molar refractivity (Wildman–Crippen MR) is 235 cm³/mol. The van der Waals surface area contributed by atoms with Crippen LogP contribution in [0.25, 0.3) is 0 Å². The zero-order valence-corrected chi connectivity index (χ0v) is 37.0. The zero-order valence-electron chi connectivity index (χ0n) is 36.1. The molecule has 10 nitrogen and oxygen atoms in total. The van der Waals surface area contributed by atoms with E-state index >= 15 is 0 Å². The number of allylic oxidation sites excluding steroid dienone is 12. The largest absolute Gasteiger partial charge is 0.472 e. The van der Waals surface area contributed by atoms with E-state index in [1.165, 1.54) is 0 Å². The number of hydrogen-bond donors (Lipinski definition) is 2. The van der Waals surface area contributed by atoms with Crippen LogP contribution in [0.4, 0.5) is 0 Å². The van der Waals surface area contributed by atoms with Gasteiger partial charge >= 0.3 is 19.8 Å². The summed E-state index contributed by atoms with van der Waals surface area (Å²) in [7, 11) is 1.40. The van der Waals surface area contributed by atoms with E-state index in [4.69, 9.17) is 18.5 Å². The first-order valence-electron chi connectivity index (χ1n) is 21.4. The highest BCUT2D eigenvalue weighted by molar-refractivity contribution is 7.47. The van der Waals surface area contributed by atoms with Gasteiger partial charge in [0.2, 0.25) is 0 Å². The van der Waals surface area contributed by atoms with Crippen molar-refractivity contribution in [1.29, 1.82) is 0 Å². The Balaban J connectivity index is 4.51. The number of nitrogens with zero attached hydrogens (tertiary/aromatic N) is 1. The van der Waals surface area contributed by atoms with E-state index in [-0.39, 0.29) is 26.1 Å². The summed E-state index contributed by atoms with van der Waals surface area (Å²) < 4.78 is 34.2. The van der Waals surface area contributed by atoms with Crippen LogP contribution in [-0.4, -0.2) is 86.1 Å². The Kier molecular flexibility index (Phi) is 35.6. The van der Waals surface area contributed by atoms with Crippen LogP contribution in [-0.2, 0) is 32.7 Å². The van der Waals surface area contributed by atoms with Gasteiger partial charge in [0.25, 0.3) is 0 Å². The van der Waals surface area contributed by atoms with Crippen molar-refractivity contribution in [3.05, 3.63) is 85.1 Å². The molecule has 326 valence electrons. The van der Waals surface area contributed by atoms with E-state index < -0.39 is 38.6 Å². The standard InChI is InChI=1S/C46H78NO9P/c1-6-8-10-11-12-13-14-15-16-17-18-19-20-23-27-30-34-38-46(50)56-44(42-55-57(51,52)54-40-39-47(3,4)5)41-53-45(49)37-33-29-26-24-21-22-25-28-32-36-43(48)35-31-9-7-2/h8-10,12-13,15-16,18-19,25,28,31-32,36,43-44,48H,6-7,11,14,17,20-24,26-27,29-30,33-35,37-42H2,1-5H3/p+1/b10-8-,13-12-,16-15-,19-18-,28-25+,31-9+,36-32+/t43?,44-/m1/s1. The maximum atomic E-state index is 12.7. The minimum absolute atomic E-state index is 0.00941. The molecule has 0 spiro atoms. The fourth-order valence-electron chi connectivity index (χ4n) is 5.16. The Labute approximate surface area is 346 Å². The molecule has 2 N–H and O–H groups in total. The van der Waals surface area contributed by atoms with Crippen LogP contribution in [0.1, 0.15) is 136 Å². The van der Waals surface area contributed by atoms with E-state index in [2.05, 4.69) is 68.5 Å². The van der Waals surface area contributed by atoms with Crippen molar-refractivity contribution in [2.24, 2.45) is 0 Å². The maximum Gasteiger partial charge on any atom is 0.472 e. The van der Waals surface area contributed by atoms with Crippen LogP contribution < -0.4 is 0 Å². The third kappa shape index (κ3) is 41.1. The summed E-state index contributed by atoms with van der Waals surface area (Å²) in [5, 5.41) is 9.88. The number of ether oxygens (including phenoxy) is 2. The molecular weight excluding hydrogens is 741 g/mol. The first-order chi connectivity index (χ1) is 27.4. The molecular formula is C46H79NO9P+. The number of aliphatic hydroxyl groups excluding tert-OH is 1. The number of likely N-dealkylation sites (N-methyl/N-ethyl adjacent to an activating group) is 1. The smallest absolute Gasteiger partial charge is 0.462 e. The summed E-state index contributed by atoms with van der Waals surface area (Å²) in [5.41, 5.74) is 0. The molecule has 0 aromatic carbocycles. The molecule has 11 heteroatoms. The van der Waals surface area contributed by atoms with Gasteiger partial charge in [0, 0.05) is 12.8 Å². The fraction of sp³-hybridized carbons (Fsp3) is 0.652. The Hall–Kier alpha value is -2.85. The SMILES string of the molecule is CC/C=C\C/C=C\C/C=C\C/C=C\CCCCCCC(=O)O[C@H](COC(=O)CCCCCCC/C=C/C=C/C(O)C/C=C/CC)COP(=O)(O)OCC[N+](C)(C)C. The van der Waals surface area contributed by atoms with Crippen LogP contribution >= 0.6 is 7.82 Å². The molecule has 0 heterocycles. The van der Waals surface area contributed by atoms with Gasteiger partial charge < -0.3 is 24.0 Å². The maximum absolute atomic E-state index is 12.7. The third-order valence-corrected chi connectivity index (χ3v) is 9.49. The van der Waals surface area contributed by atoms with Crippen LogP contribution in [0.15, 0.2) is 85.1 Å².